The Hall–Kier alpha value is 0.150. The van der Waals surface area contributed by atoms with Gasteiger partial charge in [-0.25, -0.2) is 0 Å². The van der Waals surface area contributed by atoms with Crippen molar-refractivity contribution >= 4 is 22.2 Å². The van der Waals surface area contributed by atoms with Crippen molar-refractivity contribution in [3.63, 3.8) is 0 Å². The summed E-state index contributed by atoms with van der Waals surface area (Å²) in [6.07, 6.45) is 10.7. The van der Waals surface area contributed by atoms with E-state index in [1.165, 1.54) is 38.5 Å². The third-order valence-corrected chi connectivity index (χ3v) is 2.52. The van der Waals surface area contributed by atoms with E-state index in [4.69, 9.17) is 0 Å². The van der Waals surface area contributed by atoms with E-state index in [1.54, 1.807) is 0 Å². The fourth-order valence-electron chi connectivity index (χ4n) is 1.21. The van der Waals surface area contributed by atoms with Crippen LogP contribution in [0.2, 0.25) is 0 Å². The molecule has 0 rings (SSSR count). The van der Waals surface area contributed by atoms with Gasteiger partial charge in [0, 0.05) is 11.8 Å². The zero-order chi connectivity index (χ0) is 9.07. The van der Waals surface area contributed by atoms with Gasteiger partial charge in [-0.15, -0.1) is 0 Å². The average molecular weight is 235 g/mol. The summed E-state index contributed by atoms with van der Waals surface area (Å²) in [4.78, 5) is 9.97. The molecule has 72 valence electrons. The second-order valence-corrected chi connectivity index (χ2v) is 3.91. The second-order valence-electron chi connectivity index (χ2n) is 3.12. The molecule has 0 N–H and O–H groups in total. The summed E-state index contributed by atoms with van der Waals surface area (Å²) in [7, 11) is 0. The van der Waals surface area contributed by atoms with E-state index in [9.17, 15) is 4.79 Å². The number of carbonyl (C=O) groups excluding carboxylic acids is 1. The zero-order valence-electron chi connectivity index (χ0n) is 7.73. The molecule has 0 aliphatic carbocycles. The quantitative estimate of drug-likeness (QED) is 0.338. The van der Waals surface area contributed by atoms with Gasteiger partial charge in [0.15, 0.2) is 0 Å². The number of alkyl halides is 1. The maximum absolute atomic E-state index is 9.97. The molecule has 1 nitrogen and oxygen atoms in total. The number of hydrogen-bond donors (Lipinski definition) is 0. The van der Waals surface area contributed by atoms with Crippen molar-refractivity contribution in [2.24, 2.45) is 0 Å². The van der Waals surface area contributed by atoms with E-state index in [0.29, 0.717) is 0 Å². The normalized spacial score (nSPS) is 10.1. The van der Waals surface area contributed by atoms with Crippen molar-refractivity contribution in [3.8, 4) is 0 Å². The minimum atomic E-state index is 0.751. The first-order chi connectivity index (χ1) is 5.91. The van der Waals surface area contributed by atoms with Crippen molar-refractivity contribution in [2.75, 3.05) is 5.33 Å². The standard InChI is InChI=1S/C10H19BrO/c11-9-7-5-3-1-2-4-6-8-10-12/h10H,1-9H2. The maximum Gasteiger partial charge on any atom is 0.119 e. The Kier molecular flexibility index (Phi) is 11.3. The van der Waals surface area contributed by atoms with Crippen LogP contribution in [-0.4, -0.2) is 11.6 Å². The predicted molar refractivity (Wildman–Crippen MR) is 56.8 cm³/mol. The molecule has 2 heteroatoms. The van der Waals surface area contributed by atoms with E-state index in [0.717, 1.165) is 24.5 Å². The van der Waals surface area contributed by atoms with Crippen LogP contribution in [0.5, 0.6) is 0 Å². The van der Waals surface area contributed by atoms with Crippen LogP contribution in [0.15, 0.2) is 0 Å². The van der Waals surface area contributed by atoms with Gasteiger partial charge in [0.25, 0.3) is 0 Å². The fourth-order valence-corrected chi connectivity index (χ4v) is 1.60. The molecule has 0 spiro atoms. The highest BCUT2D eigenvalue weighted by molar-refractivity contribution is 9.09. The summed E-state index contributed by atoms with van der Waals surface area (Å²) in [5.41, 5.74) is 0. The molecule has 0 fully saturated rings. The van der Waals surface area contributed by atoms with Crippen LogP contribution >= 0.6 is 15.9 Å². The van der Waals surface area contributed by atoms with Gasteiger partial charge in [0.1, 0.15) is 6.29 Å². The second kappa shape index (κ2) is 11.2. The van der Waals surface area contributed by atoms with Gasteiger partial charge < -0.3 is 4.79 Å². The molecule has 0 saturated heterocycles. The molecule has 0 atom stereocenters. The molecule has 0 amide bonds. The third-order valence-electron chi connectivity index (χ3n) is 1.96. The minimum Gasteiger partial charge on any atom is -0.303 e. The molecular formula is C10H19BrO. The summed E-state index contributed by atoms with van der Waals surface area (Å²) >= 11 is 3.41. The van der Waals surface area contributed by atoms with Crippen LogP contribution < -0.4 is 0 Å². The highest BCUT2D eigenvalue weighted by Gasteiger charge is 1.90. The van der Waals surface area contributed by atoms with Crippen LogP contribution in [0.3, 0.4) is 0 Å². The molecule has 0 radical (unpaired) electrons. The summed E-state index contributed by atoms with van der Waals surface area (Å²) in [6.45, 7) is 0. The Morgan fingerprint density at radius 1 is 0.833 bits per heavy atom. The molecule has 0 saturated carbocycles. The highest BCUT2D eigenvalue weighted by atomic mass is 79.9. The molecule has 0 aliphatic rings. The molecule has 0 aromatic heterocycles. The Morgan fingerprint density at radius 2 is 1.33 bits per heavy atom. The first kappa shape index (κ1) is 12.2. The van der Waals surface area contributed by atoms with Crippen LogP contribution in [-0.2, 0) is 4.79 Å². The lowest BCUT2D eigenvalue weighted by Crippen LogP contribution is -1.81. The monoisotopic (exact) mass is 234 g/mol. The summed E-state index contributed by atoms with van der Waals surface area (Å²) < 4.78 is 0. The summed E-state index contributed by atoms with van der Waals surface area (Å²) in [5.74, 6) is 0. The first-order valence-electron chi connectivity index (χ1n) is 4.91. The summed E-state index contributed by atoms with van der Waals surface area (Å²) in [6, 6.07) is 0. The molecule has 0 aromatic carbocycles. The smallest absolute Gasteiger partial charge is 0.119 e. The van der Waals surface area contributed by atoms with E-state index >= 15 is 0 Å². The van der Waals surface area contributed by atoms with Gasteiger partial charge in [-0.3, -0.25) is 0 Å². The van der Waals surface area contributed by atoms with Gasteiger partial charge in [-0.05, 0) is 12.8 Å². The first-order valence-corrected chi connectivity index (χ1v) is 6.03. The number of aldehydes is 1. The highest BCUT2D eigenvalue weighted by Crippen LogP contribution is 2.08. The largest absolute Gasteiger partial charge is 0.303 e. The number of unbranched alkanes of at least 4 members (excludes halogenated alkanes) is 7. The Bertz CT molecular complexity index is 93.8. The minimum absolute atomic E-state index is 0.751. The lowest BCUT2D eigenvalue weighted by atomic mass is 10.1. The Balaban J connectivity index is 2.77. The third kappa shape index (κ3) is 10.2. The molecular weight excluding hydrogens is 216 g/mol. The van der Waals surface area contributed by atoms with Crippen molar-refractivity contribution in [3.05, 3.63) is 0 Å². The van der Waals surface area contributed by atoms with Gasteiger partial charge in [0.05, 0.1) is 0 Å². The number of halogens is 1. The van der Waals surface area contributed by atoms with Gasteiger partial charge >= 0.3 is 0 Å². The summed E-state index contributed by atoms with van der Waals surface area (Å²) in [5, 5.41) is 1.14. The van der Waals surface area contributed by atoms with Crippen molar-refractivity contribution < 1.29 is 4.79 Å². The van der Waals surface area contributed by atoms with E-state index < -0.39 is 0 Å². The van der Waals surface area contributed by atoms with Gasteiger partial charge in [-0.1, -0.05) is 48.0 Å². The van der Waals surface area contributed by atoms with E-state index in [1.807, 2.05) is 0 Å². The molecule has 0 aliphatic heterocycles. The van der Waals surface area contributed by atoms with Crippen LogP contribution in [0, 0.1) is 0 Å². The SMILES string of the molecule is O=CCCCCCCCCCBr. The fraction of sp³-hybridized carbons (Fsp3) is 0.900. The average Bonchev–Trinajstić information content (AvgIpc) is 2.10. The zero-order valence-corrected chi connectivity index (χ0v) is 9.31. The molecule has 0 bridgehead atoms. The van der Waals surface area contributed by atoms with Gasteiger partial charge in [-0.2, -0.15) is 0 Å². The molecule has 0 heterocycles. The van der Waals surface area contributed by atoms with Crippen molar-refractivity contribution in [1.29, 1.82) is 0 Å². The Morgan fingerprint density at radius 3 is 1.83 bits per heavy atom. The van der Waals surface area contributed by atoms with E-state index in [2.05, 4.69) is 15.9 Å². The molecule has 0 aromatic rings. The lowest BCUT2D eigenvalue weighted by molar-refractivity contribution is -0.107. The number of hydrogen-bond acceptors (Lipinski definition) is 1. The molecule has 0 unspecified atom stereocenters. The number of rotatable bonds is 9. The lowest BCUT2D eigenvalue weighted by Gasteiger charge is -1.98. The maximum atomic E-state index is 9.97. The van der Waals surface area contributed by atoms with Crippen molar-refractivity contribution in [1.82, 2.24) is 0 Å². The topological polar surface area (TPSA) is 17.1 Å². The molecule has 12 heavy (non-hydrogen) atoms. The van der Waals surface area contributed by atoms with Crippen LogP contribution in [0.4, 0.5) is 0 Å². The van der Waals surface area contributed by atoms with Crippen LogP contribution in [0.1, 0.15) is 51.4 Å². The van der Waals surface area contributed by atoms with Crippen LogP contribution in [0.25, 0.3) is 0 Å². The van der Waals surface area contributed by atoms with Crippen molar-refractivity contribution in [2.45, 2.75) is 51.4 Å². The Labute approximate surface area is 84.1 Å². The number of carbonyl (C=O) groups is 1. The van der Waals surface area contributed by atoms with Gasteiger partial charge in [0.2, 0.25) is 0 Å². The van der Waals surface area contributed by atoms with E-state index in [-0.39, 0.29) is 0 Å². The predicted octanol–water partition coefficient (Wildman–Crippen LogP) is 3.70.